The number of benzene rings is 1. The molecule has 6 heteroatoms. The highest BCUT2D eigenvalue weighted by Gasteiger charge is 2.35. The number of carbonyl (C=O) groups excluding carboxylic acids is 1. The van der Waals surface area contributed by atoms with Gasteiger partial charge in [0, 0.05) is 29.3 Å². The molecule has 1 N–H and O–H groups in total. The molecule has 23 heavy (non-hydrogen) atoms. The third kappa shape index (κ3) is 3.06. The Morgan fingerprint density at radius 1 is 1.35 bits per heavy atom. The van der Waals surface area contributed by atoms with Gasteiger partial charge in [0.2, 0.25) is 5.91 Å². The van der Waals surface area contributed by atoms with Crippen molar-refractivity contribution in [2.45, 2.75) is 32.4 Å². The van der Waals surface area contributed by atoms with Crippen LogP contribution in [0.15, 0.2) is 30.5 Å². The molecule has 3 rings (SSSR count). The van der Waals surface area contributed by atoms with E-state index in [1.807, 2.05) is 42.0 Å². The molecule has 0 unspecified atom stereocenters. The summed E-state index contributed by atoms with van der Waals surface area (Å²) in [5, 5.41) is 10.9. The number of carboxylic acid groups (broad SMARTS) is 1. The molecular formula is C17H19ClN2O3. The Morgan fingerprint density at radius 3 is 2.87 bits per heavy atom. The molecule has 1 aliphatic heterocycles. The second kappa shape index (κ2) is 6.24. The van der Waals surface area contributed by atoms with E-state index in [0.717, 1.165) is 17.3 Å². The van der Waals surface area contributed by atoms with E-state index in [9.17, 15) is 14.7 Å². The van der Waals surface area contributed by atoms with Gasteiger partial charge < -0.3 is 14.6 Å². The minimum Gasteiger partial charge on any atom is -0.481 e. The van der Waals surface area contributed by atoms with E-state index >= 15 is 0 Å². The maximum absolute atomic E-state index is 12.7. The smallest absolute Gasteiger partial charge is 0.308 e. The molecule has 2 aromatic rings. The van der Waals surface area contributed by atoms with Gasteiger partial charge in [0.15, 0.2) is 0 Å². The van der Waals surface area contributed by atoms with Gasteiger partial charge in [-0.1, -0.05) is 17.7 Å². The highest BCUT2D eigenvalue weighted by Crippen LogP contribution is 2.25. The Bertz CT molecular complexity index is 755. The molecule has 2 atom stereocenters. The summed E-state index contributed by atoms with van der Waals surface area (Å²) in [5.74, 6) is -1.36. The zero-order valence-electron chi connectivity index (χ0n) is 12.9. The van der Waals surface area contributed by atoms with Crippen LogP contribution in [0.3, 0.4) is 0 Å². The van der Waals surface area contributed by atoms with Crippen molar-refractivity contribution in [3.63, 3.8) is 0 Å². The number of halogens is 1. The molecule has 5 nitrogen and oxygen atoms in total. The molecule has 0 saturated carbocycles. The van der Waals surface area contributed by atoms with Crippen LogP contribution in [0.1, 0.15) is 19.8 Å². The van der Waals surface area contributed by atoms with Crippen molar-refractivity contribution in [3.8, 4) is 0 Å². The van der Waals surface area contributed by atoms with Gasteiger partial charge in [0.25, 0.3) is 0 Å². The van der Waals surface area contributed by atoms with Crippen LogP contribution in [0.4, 0.5) is 0 Å². The summed E-state index contributed by atoms with van der Waals surface area (Å²) in [5.41, 5.74) is 0.908. The molecule has 0 aliphatic carbocycles. The number of hydrogen-bond donors (Lipinski definition) is 1. The molecule has 1 amide bonds. The quantitative estimate of drug-likeness (QED) is 0.938. The lowest BCUT2D eigenvalue weighted by Gasteiger charge is -2.37. The third-order valence-electron chi connectivity index (χ3n) is 4.67. The van der Waals surface area contributed by atoms with Gasteiger partial charge in [0.05, 0.1) is 5.92 Å². The maximum atomic E-state index is 12.7. The van der Waals surface area contributed by atoms with Crippen molar-refractivity contribution in [3.05, 3.63) is 35.5 Å². The minimum absolute atomic E-state index is 0.0547. The second-order valence-corrected chi connectivity index (χ2v) is 6.50. The summed E-state index contributed by atoms with van der Waals surface area (Å²) in [7, 11) is 0. The average molecular weight is 335 g/mol. The Hall–Kier alpha value is -2.01. The summed E-state index contributed by atoms with van der Waals surface area (Å²) >= 11 is 6.04. The number of aromatic nitrogens is 1. The minimum atomic E-state index is -0.826. The van der Waals surface area contributed by atoms with Crippen molar-refractivity contribution in [1.29, 1.82) is 0 Å². The number of carboxylic acids is 1. The van der Waals surface area contributed by atoms with Gasteiger partial charge in [-0.25, -0.2) is 0 Å². The molecule has 2 heterocycles. The molecule has 1 saturated heterocycles. The van der Waals surface area contributed by atoms with Crippen molar-refractivity contribution < 1.29 is 14.7 Å². The number of likely N-dealkylation sites (tertiary alicyclic amines) is 1. The van der Waals surface area contributed by atoms with Gasteiger partial charge in [-0.05, 0) is 43.4 Å². The summed E-state index contributed by atoms with van der Waals surface area (Å²) in [6.45, 7) is 2.63. The van der Waals surface area contributed by atoms with Crippen molar-refractivity contribution in [1.82, 2.24) is 9.47 Å². The van der Waals surface area contributed by atoms with E-state index < -0.39 is 11.9 Å². The molecule has 1 fully saturated rings. The van der Waals surface area contributed by atoms with Crippen LogP contribution in [0.5, 0.6) is 0 Å². The van der Waals surface area contributed by atoms with Gasteiger partial charge in [-0.2, -0.15) is 0 Å². The van der Waals surface area contributed by atoms with Gasteiger partial charge >= 0.3 is 5.97 Å². The number of piperidine rings is 1. The average Bonchev–Trinajstić information content (AvgIpc) is 2.89. The van der Waals surface area contributed by atoms with Crippen LogP contribution < -0.4 is 0 Å². The van der Waals surface area contributed by atoms with E-state index in [-0.39, 0.29) is 18.5 Å². The number of aliphatic carboxylic acids is 1. The monoisotopic (exact) mass is 334 g/mol. The predicted molar refractivity (Wildman–Crippen MR) is 88.5 cm³/mol. The standard InChI is InChI=1S/C17H19ClN2O3/c1-11-14(17(22)23)3-2-7-20(11)16(21)10-19-8-6-12-4-5-13(18)9-15(12)19/h4-6,8-9,11,14H,2-3,7,10H2,1H3,(H,22,23)/t11-,14-/m1/s1. The van der Waals surface area contributed by atoms with Crippen molar-refractivity contribution >= 4 is 34.4 Å². The Labute approximate surface area is 139 Å². The van der Waals surface area contributed by atoms with E-state index in [0.29, 0.717) is 18.0 Å². The molecular weight excluding hydrogens is 316 g/mol. The van der Waals surface area contributed by atoms with Crippen molar-refractivity contribution in [2.24, 2.45) is 5.92 Å². The van der Waals surface area contributed by atoms with E-state index in [2.05, 4.69) is 0 Å². The fourth-order valence-electron chi connectivity index (χ4n) is 3.36. The molecule has 0 spiro atoms. The Balaban J connectivity index is 1.80. The van der Waals surface area contributed by atoms with Crippen molar-refractivity contribution in [2.75, 3.05) is 6.54 Å². The highest BCUT2D eigenvalue weighted by molar-refractivity contribution is 6.31. The SMILES string of the molecule is C[C@@H]1[C@H](C(=O)O)CCCN1C(=O)Cn1ccc2ccc(Cl)cc21. The number of nitrogens with zero attached hydrogens (tertiary/aromatic N) is 2. The van der Waals surface area contributed by atoms with Crippen LogP contribution in [-0.4, -0.2) is 39.0 Å². The molecule has 0 radical (unpaired) electrons. The van der Waals surface area contributed by atoms with Crippen LogP contribution in [0, 0.1) is 5.92 Å². The number of fused-ring (bicyclic) bond motifs is 1. The molecule has 1 aromatic carbocycles. The first kappa shape index (κ1) is 15.9. The summed E-state index contributed by atoms with van der Waals surface area (Å²) in [6, 6.07) is 7.24. The lowest BCUT2D eigenvalue weighted by atomic mass is 9.90. The fraction of sp³-hybridized carbons (Fsp3) is 0.412. The van der Waals surface area contributed by atoms with E-state index in [4.69, 9.17) is 11.6 Å². The predicted octanol–water partition coefficient (Wildman–Crippen LogP) is 3.01. The van der Waals surface area contributed by atoms with Gasteiger partial charge in [-0.3, -0.25) is 9.59 Å². The van der Waals surface area contributed by atoms with E-state index in [1.165, 1.54) is 0 Å². The van der Waals surface area contributed by atoms with Crippen LogP contribution in [0.25, 0.3) is 10.9 Å². The first-order valence-electron chi connectivity index (χ1n) is 7.74. The fourth-order valence-corrected chi connectivity index (χ4v) is 3.52. The lowest BCUT2D eigenvalue weighted by molar-refractivity contribution is -0.149. The molecule has 1 aliphatic rings. The zero-order chi connectivity index (χ0) is 16.6. The zero-order valence-corrected chi connectivity index (χ0v) is 13.7. The van der Waals surface area contributed by atoms with Gasteiger partial charge in [-0.15, -0.1) is 0 Å². The Kier molecular flexibility index (Phi) is 4.31. The summed E-state index contributed by atoms with van der Waals surface area (Å²) in [6.07, 6.45) is 3.22. The maximum Gasteiger partial charge on any atom is 0.308 e. The lowest BCUT2D eigenvalue weighted by Crippen LogP contribution is -2.50. The van der Waals surface area contributed by atoms with Crippen LogP contribution in [0.2, 0.25) is 5.02 Å². The summed E-state index contributed by atoms with van der Waals surface area (Å²) in [4.78, 5) is 25.6. The number of amides is 1. The molecule has 122 valence electrons. The third-order valence-corrected chi connectivity index (χ3v) is 4.90. The summed E-state index contributed by atoms with van der Waals surface area (Å²) < 4.78 is 1.86. The first-order chi connectivity index (χ1) is 11.0. The first-order valence-corrected chi connectivity index (χ1v) is 8.12. The number of hydrogen-bond acceptors (Lipinski definition) is 2. The van der Waals surface area contributed by atoms with Gasteiger partial charge in [0.1, 0.15) is 6.54 Å². The van der Waals surface area contributed by atoms with Crippen LogP contribution >= 0.6 is 11.6 Å². The number of rotatable bonds is 3. The molecule has 1 aromatic heterocycles. The largest absolute Gasteiger partial charge is 0.481 e. The topological polar surface area (TPSA) is 62.5 Å². The van der Waals surface area contributed by atoms with E-state index in [1.54, 1.807) is 4.90 Å². The second-order valence-electron chi connectivity index (χ2n) is 6.06. The normalized spacial score (nSPS) is 21.6. The number of carbonyl (C=O) groups is 2. The molecule has 0 bridgehead atoms. The highest BCUT2D eigenvalue weighted by atomic mass is 35.5. The Morgan fingerprint density at radius 2 is 2.13 bits per heavy atom. The van der Waals surface area contributed by atoms with Crippen LogP contribution in [-0.2, 0) is 16.1 Å².